The van der Waals surface area contributed by atoms with Crippen LogP contribution in [0.1, 0.15) is 13.3 Å². The van der Waals surface area contributed by atoms with Crippen molar-refractivity contribution in [2.75, 3.05) is 32.3 Å². The Morgan fingerprint density at radius 1 is 1.44 bits per heavy atom. The van der Waals surface area contributed by atoms with Gasteiger partial charge in [0.2, 0.25) is 15.9 Å². The number of rotatable bonds is 7. The van der Waals surface area contributed by atoms with Gasteiger partial charge in [-0.1, -0.05) is 6.92 Å². The number of carbonyl (C=O) groups excluding carboxylic acids is 1. The number of halogens is 1. The molecule has 1 unspecified atom stereocenters. The number of hydrogen-bond donors (Lipinski definition) is 1. The van der Waals surface area contributed by atoms with Crippen molar-refractivity contribution in [1.29, 1.82) is 0 Å². The number of nitrogens with zero attached hydrogens (tertiary/aromatic N) is 1. The van der Waals surface area contributed by atoms with Crippen molar-refractivity contribution in [2.45, 2.75) is 13.3 Å². The molecular weight excluding hydrogens is 252 g/mol. The molecule has 16 heavy (non-hydrogen) atoms. The van der Waals surface area contributed by atoms with Gasteiger partial charge in [0.05, 0.1) is 5.75 Å². The zero-order valence-corrected chi connectivity index (χ0v) is 11.4. The van der Waals surface area contributed by atoms with Crippen molar-refractivity contribution in [1.82, 2.24) is 9.62 Å². The Bertz CT molecular complexity index is 317. The lowest BCUT2D eigenvalue weighted by Gasteiger charge is -2.12. The minimum absolute atomic E-state index is 0.00729. The number of carbonyl (C=O) groups is 1. The van der Waals surface area contributed by atoms with Gasteiger partial charge in [-0.2, -0.15) is 0 Å². The van der Waals surface area contributed by atoms with Gasteiger partial charge in [0.15, 0.2) is 0 Å². The van der Waals surface area contributed by atoms with Crippen LogP contribution >= 0.6 is 11.6 Å². The molecule has 0 bridgehead atoms. The second-order valence-electron chi connectivity index (χ2n) is 3.97. The first-order valence-corrected chi connectivity index (χ1v) is 7.20. The van der Waals surface area contributed by atoms with Gasteiger partial charge in [-0.15, -0.1) is 11.6 Å². The van der Waals surface area contributed by atoms with Gasteiger partial charge in [0.25, 0.3) is 0 Å². The molecule has 0 rings (SSSR count). The molecule has 0 aromatic heterocycles. The molecule has 0 aliphatic carbocycles. The van der Waals surface area contributed by atoms with Crippen LogP contribution in [-0.2, 0) is 14.8 Å². The Labute approximate surface area is 102 Å². The molecule has 0 heterocycles. The summed E-state index contributed by atoms with van der Waals surface area (Å²) in [7, 11) is -0.0568. The third-order valence-corrected chi connectivity index (χ3v) is 4.11. The van der Waals surface area contributed by atoms with Crippen LogP contribution in [0.25, 0.3) is 0 Å². The fraction of sp³-hybridized carbons (Fsp3) is 0.889. The molecule has 0 aliphatic rings. The van der Waals surface area contributed by atoms with E-state index in [0.29, 0.717) is 5.88 Å². The molecule has 0 saturated heterocycles. The highest BCUT2D eigenvalue weighted by molar-refractivity contribution is 7.89. The number of nitrogens with one attached hydrogen (secondary N) is 1. The summed E-state index contributed by atoms with van der Waals surface area (Å²) in [5.41, 5.74) is 0. The summed E-state index contributed by atoms with van der Waals surface area (Å²) in [6.07, 6.45) is 0.168. The van der Waals surface area contributed by atoms with Crippen LogP contribution in [-0.4, -0.2) is 51.5 Å². The monoisotopic (exact) mass is 270 g/mol. The second-order valence-corrected chi connectivity index (χ2v) is 6.13. The van der Waals surface area contributed by atoms with E-state index in [0.717, 1.165) is 0 Å². The molecular formula is C9H19ClN2O3S. The molecule has 1 amide bonds. The molecule has 0 fully saturated rings. The fourth-order valence-corrected chi connectivity index (χ4v) is 2.65. The minimum atomic E-state index is -3.32. The summed E-state index contributed by atoms with van der Waals surface area (Å²) in [6, 6.07) is 0. The van der Waals surface area contributed by atoms with Gasteiger partial charge in [-0.25, -0.2) is 13.1 Å². The normalized spacial score (nSPS) is 13.5. The van der Waals surface area contributed by atoms with Crippen LogP contribution < -0.4 is 4.72 Å². The summed E-state index contributed by atoms with van der Waals surface area (Å²) in [5.74, 6) is 0.0984. The number of sulfonamides is 1. The quantitative estimate of drug-likeness (QED) is 0.675. The fourth-order valence-electron chi connectivity index (χ4n) is 1.02. The molecule has 0 aliphatic heterocycles. The Balaban J connectivity index is 3.97. The number of amides is 1. The van der Waals surface area contributed by atoms with Crippen molar-refractivity contribution in [3.05, 3.63) is 0 Å². The van der Waals surface area contributed by atoms with Crippen LogP contribution in [0.15, 0.2) is 0 Å². The van der Waals surface area contributed by atoms with Gasteiger partial charge in [-0.05, 0) is 5.92 Å². The van der Waals surface area contributed by atoms with E-state index in [1.54, 1.807) is 21.0 Å². The van der Waals surface area contributed by atoms with Crippen LogP contribution in [0.5, 0.6) is 0 Å². The zero-order chi connectivity index (χ0) is 12.8. The molecule has 0 saturated carbocycles. The molecule has 5 nitrogen and oxygen atoms in total. The summed E-state index contributed by atoms with van der Waals surface area (Å²) in [5, 5.41) is 0. The van der Waals surface area contributed by atoms with E-state index in [1.165, 1.54) is 4.90 Å². The minimum Gasteiger partial charge on any atom is -0.349 e. The van der Waals surface area contributed by atoms with Gasteiger partial charge in [0, 0.05) is 32.9 Å². The Kier molecular flexibility index (Phi) is 6.94. The highest BCUT2D eigenvalue weighted by atomic mass is 35.5. The van der Waals surface area contributed by atoms with Crippen LogP contribution in [0.2, 0.25) is 0 Å². The maximum Gasteiger partial charge on any atom is 0.223 e. The molecule has 0 aromatic rings. The van der Waals surface area contributed by atoms with Crippen molar-refractivity contribution in [2.24, 2.45) is 5.92 Å². The molecule has 96 valence electrons. The predicted molar refractivity (Wildman–Crippen MR) is 65.0 cm³/mol. The Hall–Kier alpha value is -0.330. The largest absolute Gasteiger partial charge is 0.349 e. The van der Waals surface area contributed by atoms with Crippen molar-refractivity contribution in [3.8, 4) is 0 Å². The molecule has 1 N–H and O–H groups in total. The van der Waals surface area contributed by atoms with Crippen LogP contribution in [0, 0.1) is 5.92 Å². The van der Waals surface area contributed by atoms with Gasteiger partial charge >= 0.3 is 0 Å². The van der Waals surface area contributed by atoms with E-state index in [-0.39, 0.29) is 30.5 Å². The number of alkyl halides is 1. The average Bonchev–Trinajstić information content (AvgIpc) is 2.16. The average molecular weight is 271 g/mol. The van der Waals surface area contributed by atoms with E-state index in [1.807, 2.05) is 0 Å². The van der Waals surface area contributed by atoms with Crippen molar-refractivity contribution >= 4 is 27.5 Å². The zero-order valence-electron chi connectivity index (χ0n) is 9.86. The van der Waals surface area contributed by atoms with E-state index < -0.39 is 10.0 Å². The van der Waals surface area contributed by atoms with Gasteiger partial charge in [0.1, 0.15) is 0 Å². The second kappa shape index (κ2) is 7.09. The molecule has 0 spiro atoms. The Morgan fingerprint density at radius 3 is 2.44 bits per heavy atom. The van der Waals surface area contributed by atoms with Crippen LogP contribution in [0.4, 0.5) is 0 Å². The summed E-state index contributed by atoms with van der Waals surface area (Å²) < 4.78 is 25.3. The predicted octanol–water partition coefficient (Wildman–Crippen LogP) is 0.259. The molecule has 0 aromatic carbocycles. The first-order chi connectivity index (χ1) is 7.28. The van der Waals surface area contributed by atoms with E-state index in [9.17, 15) is 13.2 Å². The number of hydrogen-bond acceptors (Lipinski definition) is 3. The van der Waals surface area contributed by atoms with Crippen molar-refractivity contribution in [3.63, 3.8) is 0 Å². The third kappa shape index (κ3) is 7.03. The molecule has 1 atom stereocenters. The molecule has 7 heteroatoms. The standard InChI is InChI=1S/C9H19ClN2O3S/c1-8(6-10)7-16(14,15)11-5-4-9(13)12(2)3/h8,11H,4-7H2,1-3H3. The topological polar surface area (TPSA) is 66.5 Å². The third-order valence-electron chi connectivity index (χ3n) is 1.93. The summed E-state index contributed by atoms with van der Waals surface area (Å²) >= 11 is 5.53. The maximum atomic E-state index is 11.5. The highest BCUT2D eigenvalue weighted by Gasteiger charge is 2.15. The SMILES string of the molecule is CC(CCl)CS(=O)(=O)NCCC(=O)N(C)C. The van der Waals surface area contributed by atoms with Gasteiger partial charge < -0.3 is 4.90 Å². The lowest BCUT2D eigenvalue weighted by molar-refractivity contribution is -0.128. The van der Waals surface area contributed by atoms with Crippen molar-refractivity contribution < 1.29 is 13.2 Å². The van der Waals surface area contributed by atoms with E-state index >= 15 is 0 Å². The lowest BCUT2D eigenvalue weighted by Crippen LogP contribution is -2.33. The van der Waals surface area contributed by atoms with E-state index in [4.69, 9.17) is 11.6 Å². The Morgan fingerprint density at radius 2 is 2.00 bits per heavy atom. The highest BCUT2D eigenvalue weighted by Crippen LogP contribution is 2.01. The molecule has 0 radical (unpaired) electrons. The summed E-state index contributed by atoms with van der Waals surface area (Å²) in [6.45, 7) is 1.89. The van der Waals surface area contributed by atoms with Crippen LogP contribution in [0.3, 0.4) is 0 Å². The first kappa shape index (κ1) is 15.7. The maximum absolute atomic E-state index is 11.5. The summed E-state index contributed by atoms with van der Waals surface area (Å²) in [4.78, 5) is 12.6. The van der Waals surface area contributed by atoms with Gasteiger partial charge in [-0.3, -0.25) is 4.79 Å². The smallest absolute Gasteiger partial charge is 0.223 e. The lowest BCUT2D eigenvalue weighted by atomic mass is 10.3. The first-order valence-electron chi connectivity index (χ1n) is 5.02. The van der Waals surface area contributed by atoms with E-state index in [2.05, 4.69) is 4.72 Å².